The summed E-state index contributed by atoms with van der Waals surface area (Å²) in [4.78, 5) is 15.8. The number of ether oxygens (including phenoxy) is 2. The van der Waals surface area contributed by atoms with Gasteiger partial charge in [0.05, 0.1) is 13.0 Å². The second-order valence-electron chi connectivity index (χ2n) is 10.3. The van der Waals surface area contributed by atoms with E-state index in [-0.39, 0.29) is 17.8 Å². The van der Waals surface area contributed by atoms with Crippen LogP contribution in [0.25, 0.3) is 0 Å². The fourth-order valence-corrected chi connectivity index (χ4v) is 5.17. The molecule has 33 heavy (non-hydrogen) atoms. The summed E-state index contributed by atoms with van der Waals surface area (Å²) in [6.07, 6.45) is 5.14. The maximum absolute atomic E-state index is 13.6. The Hall–Kier alpha value is -2.33. The molecule has 3 atom stereocenters. The van der Waals surface area contributed by atoms with Gasteiger partial charge in [0.25, 0.3) is 0 Å². The summed E-state index contributed by atoms with van der Waals surface area (Å²) in [5.74, 6) is 1.17. The van der Waals surface area contributed by atoms with Crippen LogP contribution in [0.2, 0.25) is 0 Å². The zero-order valence-corrected chi connectivity index (χ0v) is 21.3. The highest BCUT2D eigenvalue weighted by Crippen LogP contribution is 2.46. The third-order valence-corrected chi connectivity index (χ3v) is 6.91. The van der Waals surface area contributed by atoms with Gasteiger partial charge in [0.1, 0.15) is 11.4 Å². The second kappa shape index (κ2) is 11.2. The quantitative estimate of drug-likeness (QED) is 0.426. The lowest BCUT2D eigenvalue weighted by Gasteiger charge is -2.45. The van der Waals surface area contributed by atoms with Crippen molar-refractivity contribution in [2.24, 2.45) is 11.8 Å². The summed E-state index contributed by atoms with van der Waals surface area (Å²) in [5.41, 5.74) is 2.72. The normalized spacial score (nSPS) is 21.8. The minimum absolute atomic E-state index is 0.153. The maximum atomic E-state index is 13.6. The summed E-state index contributed by atoms with van der Waals surface area (Å²) in [7, 11) is 5.86. The van der Waals surface area contributed by atoms with Crippen molar-refractivity contribution in [3.05, 3.63) is 65.2 Å². The van der Waals surface area contributed by atoms with E-state index in [9.17, 15) is 4.79 Å². The van der Waals surface area contributed by atoms with Crippen LogP contribution in [0.4, 0.5) is 0 Å². The first kappa shape index (κ1) is 25.3. The Kier molecular flexibility index (Phi) is 8.58. The summed E-state index contributed by atoms with van der Waals surface area (Å²) in [6.45, 7) is 7.28. The van der Waals surface area contributed by atoms with Gasteiger partial charge in [-0.1, -0.05) is 56.7 Å². The van der Waals surface area contributed by atoms with Crippen LogP contribution >= 0.6 is 0 Å². The van der Waals surface area contributed by atoms with Crippen molar-refractivity contribution in [1.29, 1.82) is 0 Å². The molecular formula is C29H41NO3. The first-order chi connectivity index (χ1) is 15.7. The lowest BCUT2D eigenvalue weighted by Crippen LogP contribution is -2.47. The Balaban J connectivity index is 1.91. The van der Waals surface area contributed by atoms with E-state index < -0.39 is 5.60 Å². The molecule has 0 saturated heterocycles. The SMILES string of the molecule is COc1cccc([C@@]2(OC(=O)C(C)c3ccc(CC(C)C)cc3)CCCC[C@@H]2CN(C)C)c1. The van der Waals surface area contributed by atoms with E-state index in [2.05, 4.69) is 63.2 Å². The lowest BCUT2D eigenvalue weighted by molar-refractivity contribution is -0.176. The number of hydrogen-bond donors (Lipinski definition) is 0. The zero-order chi connectivity index (χ0) is 24.0. The molecule has 1 unspecified atom stereocenters. The Morgan fingerprint density at radius 1 is 1.09 bits per heavy atom. The number of hydrogen-bond acceptors (Lipinski definition) is 4. The van der Waals surface area contributed by atoms with Gasteiger partial charge in [-0.2, -0.15) is 0 Å². The van der Waals surface area contributed by atoms with Crippen LogP contribution in [0.3, 0.4) is 0 Å². The van der Waals surface area contributed by atoms with Gasteiger partial charge in [-0.05, 0) is 81.4 Å². The average Bonchev–Trinajstić information content (AvgIpc) is 2.79. The molecule has 1 aliphatic carbocycles. The van der Waals surface area contributed by atoms with Gasteiger partial charge in [-0.15, -0.1) is 0 Å². The number of carbonyl (C=O) groups is 1. The van der Waals surface area contributed by atoms with Gasteiger partial charge >= 0.3 is 5.97 Å². The first-order valence-electron chi connectivity index (χ1n) is 12.4. The highest BCUT2D eigenvalue weighted by molar-refractivity contribution is 5.78. The molecule has 0 N–H and O–H groups in total. The number of nitrogens with zero attached hydrogens (tertiary/aromatic N) is 1. The molecule has 3 rings (SSSR count). The predicted octanol–water partition coefficient (Wildman–Crippen LogP) is 6.19. The van der Waals surface area contributed by atoms with Crippen LogP contribution in [0.15, 0.2) is 48.5 Å². The molecular weight excluding hydrogens is 410 g/mol. The maximum Gasteiger partial charge on any atom is 0.314 e. The van der Waals surface area contributed by atoms with Crippen molar-refractivity contribution >= 4 is 5.97 Å². The largest absolute Gasteiger partial charge is 0.497 e. The summed E-state index contributed by atoms with van der Waals surface area (Å²) < 4.78 is 12.1. The molecule has 4 nitrogen and oxygen atoms in total. The molecule has 0 spiro atoms. The molecule has 1 saturated carbocycles. The number of rotatable bonds is 9. The molecule has 0 aliphatic heterocycles. The molecule has 180 valence electrons. The Labute approximate surface area is 200 Å². The van der Waals surface area contributed by atoms with E-state index >= 15 is 0 Å². The summed E-state index contributed by atoms with van der Waals surface area (Å²) >= 11 is 0. The number of esters is 1. The second-order valence-corrected chi connectivity index (χ2v) is 10.3. The van der Waals surface area contributed by atoms with E-state index in [1.165, 1.54) is 5.56 Å². The molecule has 0 amide bonds. The average molecular weight is 452 g/mol. The molecule has 0 bridgehead atoms. The van der Waals surface area contributed by atoms with E-state index in [0.29, 0.717) is 5.92 Å². The van der Waals surface area contributed by atoms with Gasteiger partial charge in [-0.25, -0.2) is 0 Å². The van der Waals surface area contributed by atoms with Gasteiger partial charge < -0.3 is 14.4 Å². The summed E-state index contributed by atoms with van der Waals surface area (Å²) in [5, 5.41) is 0. The Morgan fingerprint density at radius 3 is 2.45 bits per heavy atom. The molecule has 1 aliphatic rings. The van der Waals surface area contributed by atoms with Crippen LogP contribution in [0.1, 0.15) is 69.1 Å². The van der Waals surface area contributed by atoms with Gasteiger partial charge in [0.15, 0.2) is 0 Å². The van der Waals surface area contributed by atoms with Crippen molar-refractivity contribution < 1.29 is 14.3 Å². The first-order valence-corrected chi connectivity index (χ1v) is 12.4. The Bertz CT molecular complexity index is 905. The molecule has 2 aromatic carbocycles. The molecule has 0 aromatic heterocycles. The van der Waals surface area contributed by atoms with Crippen molar-refractivity contribution in [2.45, 2.75) is 64.4 Å². The topological polar surface area (TPSA) is 38.8 Å². The molecule has 4 heteroatoms. The van der Waals surface area contributed by atoms with E-state index in [4.69, 9.17) is 9.47 Å². The van der Waals surface area contributed by atoms with E-state index in [0.717, 1.165) is 55.5 Å². The van der Waals surface area contributed by atoms with Crippen molar-refractivity contribution in [3.8, 4) is 5.75 Å². The summed E-state index contributed by atoms with van der Waals surface area (Å²) in [6, 6.07) is 16.5. The highest BCUT2D eigenvalue weighted by atomic mass is 16.6. The standard InChI is InChI=1S/C29H41NO3/c1-21(2)18-23-13-15-24(16-14-23)22(3)28(31)33-29(25-11-9-12-27(19-25)32-6)17-8-7-10-26(29)20-30(4)5/h9,11-16,19,21-22,26H,7-8,10,17-18,20H2,1-6H3/t22?,26-,29+/m1/s1. The molecule has 2 aromatic rings. The zero-order valence-electron chi connectivity index (χ0n) is 21.3. The van der Waals surface area contributed by atoms with Crippen LogP contribution in [0, 0.1) is 11.8 Å². The van der Waals surface area contributed by atoms with Gasteiger partial charge in [0, 0.05) is 12.5 Å². The lowest BCUT2D eigenvalue weighted by atomic mass is 9.70. The number of benzene rings is 2. The Morgan fingerprint density at radius 2 is 1.82 bits per heavy atom. The van der Waals surface area contributed by atoms with Gasteiger partial charge in [-0.3, -0.25) is 4.79 Å². The third kappa shape index (κ3) is 6.17. The third-order valence-electron chi connectivity index (χ3n) is 6.91. The van der Waals surface area contributed by atoms with Crippen LogP contribution in [-0.2, 0) is 21.6 Å². The monoisotopic (exact) mass is 451 g/mol. The molecule has 0 heterocycles. The van der Waals surface area contributed by atoms with Gasteiger partial charge in [0.2, 0.25) is 0 Å². The minimum atomic E-state index is -0.639. The van der Waals surface area contributed by atoms with Crippen molar-refractivity contribution in [2.75, 3.05) is 27.7 Å². The minimum Gasteiger partial charge on any atom is -0.497 e. The number of carbonyl (C=O) groups excluding carboxylic acids is 1. The fraction of sp³-hybridized carbons (Fsp3) is 0.552. The molecule has 1 fully saturated rings. The van der Waals surface area contributed by atoms with E-state index in [1.807, 2.05) is 25.1 Å². The molecule has 0 radical (unpaired) electrons. The highest BCUT2D eigenvalue weighted by Gasteiger charge is 2.46. The fourth-order valence-electron chi connectivity index (χ4n) is 5.17. The van der Waals surface area contributed by atoms with Crippen molar-refractivity contribution in [3.63, 3.8) is 0 Å². The number of methoxy groups -OCH3 is 1. The predicted molar refractivity (Wildman–Crippen MR) is 135 cm³/mol. The smallest absolute Gasteiger partial charge is 0.314 e. The van der Waals surface area contributed by atoms with Crippen LogP contribution in [0.5, 0.6) is 5.75 Å². The van der Waals surface area contributed by atoms with E-state index in [1.54, 1.807) is 7.11 Å². The van der Waals surface area contributed by atoms with Crippen LogP contribution in [-0.4, -0.2) is 38.6 Å². The van der Waals surface area contributed by atoms with Crippen molar-refractivity contribution in [1.82, 2.24) is 4.90 Å². The van der Waals surface area contributed by atoms with Crippen LogP contribution < -0.4 is 4.74 Å².